The van der Waals surface area contributed by atoms with Crippen molar-refractivity contribution in [3.05, 3.63) is 65.7 Å². The zero-order valence-electron chi connectivity index (χ0n) is 15.0. The second-order valence-corrected chi connectivity index (χ2v) is 7.98. The van der Waals surface area contributed by atoms with Gasteiger partial charge in [-0.05, 0) is 31.5 Å². The Kier molecular flexibility index (Phi) is 6.15. The van der Waals surface area contributed by atoms with E-state index in [1.807, 2.05) is 37.3 Å². The number of carbonyl (C=O) groups excluding carboxylic acids is 2. The monoisotopic (exact) mass is 374 g/mol. The lowest BCUT2D eigenvalue weighted by atomic mass is 10.1. The third kappa shape index (κ3) is 5.16. The predicted molar refractivity (Wildman–Crippen MR) is 102 cm³/mol. The van der Waals surface area contributed by atoms with E-state index in [1.165, 1.54) is 13.0 Å². The molecule has 1 unspecified atom stereocenters. The van der Waals surface area contributed by atoms with Gasteiger partial charge in [0.2, 0.25) is 15.9 Å². The van der Waals surface area contributed by atoms with E-state index in [2.05, 4.69) is 5.32 Å². The lowest BCUT2D eigenvalue weighted by Crippen LogP contribution is -2.41. The largest absolute Gasteiger partial charge is 0.348 e. The minimum Gasteiger partial charge on any atom is -0.348 e. The summed E-state index contributed by atoms with van der Waals surface area (Å²) in [6, 6.07) is 15.4. The highest BCUT2D eigenvalue weighted by Crippen LogP contribution is 2.20. The van der Waals surface area contributed by atoms with E-state index >= 15 is 0 Å². The molecule has 0 saturated heterocycles. The van der Waals surface area contributed by atoms with Gasteiger partial charge >= 0.3 is 0 Å². The summed E-state index contributed by atoms with van der Waals surface area (Å²) >= 11 is 0. The molecule has 0 bridgehead atoms. The maximum atomic E-state index is 12.4. The molecule has 1 atom stereocenters. The number of benzene rings is 2. The summed E-state index contributed by atoms with van der Waals surface area (Å²) in [6.07, 6.45) is 1.03. The summed E-state index contributed by atoms with van der Waals surface area (Å²) < 4.78 is 25.3. The Balaban J connectivity index is 2.20. The van der Waals surface area contributed by atoms with Crippen LogP contribution in [0.1, 0.15) is 35.8 Å². The molecule has 1 amide bonds. The molecule has 0 aromatic heterocycles. The van der Waals surface area contributed by atoms with E-state index in [-0.39, 0.29) is 24.1 Å². The van der Waals surface area contributed by atoms with E-state index in [0.29, 0.717) is 5.56 Å². The predicted octanol–water partition coefficient (Wildman–Crippen LogP) is 2.53. The smallest absolute Gasteiger partial charge is 0.241 e. The van der Waals surface area contributed by atoms with Crippen molar-refractivity contribution in [2.45, 2.75) is 19.9 Å². The second kappa shape index (κ2) is 8.14. The molecule has 7 heteroatoms. The first-order valence-electron chi connectivity index (χ1n) is 8.11. The lowest BCUT2D eigenvalue weighted by molar-refractivity contribution is -0.120. The maximum absolute atomic E-state index is 12.4. The topological polar surface area (TPSA) is 83.6 Å². The molecule has 26 heavy (non-hydrogen) atoms. The minimum atomic E-state index is -3.69. The summed E-state index contributed by atoms with van der Waals surface area (Å²) in [6.45, 7) is 2.86. The number of nitrogens with one attached hydrogen (secondary N) is 1. The Bertz CT molecular complexity index is 895. The first kappa shape index (κ1) is 19.7. The van der Waals surface area contributed by atoms with Crippen LogP contribution in [0.4, 0.5) is 5.69 Å². The normalized spacial score (nSPS) is 12.3. The molecular formula is C19H22N2O4S. The number of ketones is 1. The highest BCUT2D eigenvalue weighted by molar-refractivity contribution is 7.92. The van der Waals surface area contributed by atoms with Crippen LogP contribution in [0.3, 0.4) is 0 Å². The van der Waals surface area contributed by atoms with Crippen molar-refractivity contribution in [1.29, 1.82) is 0 Å². The van der Waals surface area contributed by atoms with Gasteiger partial charge in [-0.3, -0.25) is 13.9 Å². The molecule has 0 radical (unpaired) electrons. The molecule has 2 aromatic rings. The standard InChI is InChI=1S/C19H22N2O4S/c1-14(16-8-5-4-6-9-16)20-19(23)13-21(26(3,24)25)18-11-7-10-17(12-18)15(2)22/h4-12,14H,13H2,1-3H3,(H,20,23). The molecule has 0 spiro atoms. The zero-order chi connectivity index (χ0) is 19.3. The van der Waals surface area contributed by atoms with Crippen molar-refractivity contribution in [2.75, 3.05) is 17.1 Å². The molecule has 2 aromatic carbocycles. The van der Waals surface area contributed by atoms with E-state index in [1.54, 1.807) is 18.2 Å². The van der Waals surface area contributed by atoms with Gasteiger partial charge < -0.3 is 5.32 Å². The summed E-state index contributed by atoms with van der Waals surface area (Å²) in [5.74, 6) is -0.609. The lowest BCUT2D eigenvalue weighted by Gasteiger charge is -2.23. The van der Waals surface area contributed by atoms with Crippen molar-refractivity contribution in [3.63, 3.8) is 0 Å². The van der Waals surface area contributed by atoms with Crippen molar-refractivity contribution >= 4 is 27.4 Å². The Morgan fingerprint density at radius 2 is 1.73 bits per heavy atom. The first-order chi connectivity index (χ1) is 12.2. The number of sulfonamides is 1. The number of carbonyl (C=O) groups is 2. The molecular weight excluding hydrogens is 352 g/mol. The molecule has 0 aliphatic rings. The van der Waals surface area contributed by atoms with Crippen molar-refractivity contribution in [3.8, 4) is 0 Å². The van der Waals surface area contributed by atoms with Crippen LogP contribution in [0.25, 0.3) is 0 Å². The summed E-state index contributed by atoms with van der Waals surface area (Å²) in [5, 5.41) is 2.79. The Hall–Kier alpha value is -2.67. The summed E-state index contributed by atoms with van der Waals surface area (Å²) in [4.78, 5) is 23.9. The minimum absolute atomic E-state index is 0.178. The number of anilines is 1. The molecule has 6 nitrogen and oxygen atoms in total. The van der Waals surface area contributed by atoms with Crippen molar-refractivity contribution < 1.29 is 18.0 Å². The van der Waals surface area contributed by atoms with Crippen LogP contribution >= 0.6 is 0 Å². The molecule has 2 rings (SSSR count). The molecule has 0 aliphatic carbocycles. The SMILES string of the molecule is CC(=O)c1cccc(N(CC(=O)NC(C)c2ccccc2)S(C)(=O)=O)c1. The maximum Gasteiger partial charge on any atom is 0.241 e. The van der Waals surface area contributed by atoms with E-state index < -0.39 is 15.9 Å². The van der Waals surface area contributed by atoms with Crippen LogP contribution in [0.5, 0.6) is 0 Å². The Morgan fingerprint density at radius 3 is 2.31 bits per heavy atom. The van der Waals surface area contributed by atoms with Gasteiger partial charge in [-0.15, -0.1) is 0 Å². The molecule has 138 valence electrons. The van der Waals surface area contributed by atoms with E-state index in [4.69, 9.17) is 0 Å². The second-order valence-electron chi connectivity index (χ2n) is 6.08. The van der Waals surface area contributed by atoms with Gasteiger partial charge in [-0.1, -0.05) is 42.5 Å². The van der Waals surface area contributed by atoms with Crippen LogP contribution in [0.2, 0.25) is 0 Å². The van der Waals surface area contributed by atoms with Gasteiger partial charge in [-0.2, -0.15) is 0 Å². The van der Waals surface area contributed by atoms with Crippen molar-refractivity contribution in [2.24, 2.45) is 0 Å². The average molecular weight is 374 g/mol. The van der Waals surface area contributed by atoms with Crippen LogP contribution in [-0.4, -0.2) is 32.9 Å². The fourth-order valence-electron chi connectivity index (χ4n) is 2.52. The molecule has 0 aliphatic heterocycles. The van der Waals surface area contributed by atoms with E-state index in [9.17, 15) is 18.0 Å². The third-order valence-corrected chi connectivity index (χ3v) is 5.05. The average Bonchev–Trinajstić information content (AvgIpc) is 2.59. The number of hydrogen-bond donors (Lipinski definition) is 1. The number of rotatable bonds is 7. The third-order valence-electron chi connectivity index (χ3n) is 3.91. The van der Waals surface area contributed by atoms with Gasteiger partial charge in [0.1, 0.15) is 6.54 Å². The Labute approximate surface area is 153 Å². The molecule has 0 heterocycles. The highest BCUT2D eigenvalue weighted by Gasteiger charge is 2.22. The van der Waals surface area contributed by atoms with Gasteiger partial charge in [-0.25, -0.2) is 8.42 Å². The van der Waals surface area contributed by atoms with Crippen LogP contribution in [-0.2, 0) is 14.8 Å². The summed E-state index contributed by atoms with van der Waals surface area (Å²) in [7, 11) is -3.69. The molecule has 0 fully saturated rings. The number of hydrogen-bond acceptors (Lipinski definition) is 4. The number of Topliss-reactive ketones (excluding diaryl/α,β-unsaturated/α-hetero) is 1. The summed E-state index contributed by atoms with van der Waals surface area (Å²) in [5.41, 5.74) is 1.59. The number of nitrogens with zero attached hydrogens (tertiary/aromatic N) is 1. The van der Waals surface area contributed by atoms with Crippen LogP contribution in [0.15, 0.2) is 54.6 Å². The van der Waals surface area contributed by atoms with Gasteiger partial charge in [0.15, 0.2) is 5.78 Å². The van der Waals surface area contributed by atoms with Gasteiger partial charge in [0.05, 0.1) is 18.0 Å². The quantitative estimate of drug-likeness (QED) is 0.755. The fraction of sp³-hybridized carbons (Fsp3) is 0.263. The van der Waals surface area contributed by atoms with Crippen molar-refractivity contribution in [1.82, 2.24) is 5.32 Å². The van der Waals surface area contributed by atoms with E-state index in [0.717, 1.165) is 16.1 Å². The zero-order valence-corrected chi connectivity index (χ0v) is 15.8. The fourth-order valence-corrected chi connectivity index (χ4v) is 3.37. The Morgan fingerprint density at radius 1 is 1.08 bits per heavy atom. The number of amides is 1. The van der Waals surface area contributed by atoms with Crippen LogP contribution in [0, 0.1) is 0 Å². The van der Waals surface area contributed by atoms with Crippen LogP contribution < -0.4 is 9.62 Å². The van der Waals surface area contributed by atoms with Gasteiger partial charge in [0, 0.05) is 5.56 Å². The van der Waals surface area contributed by atoms with Gasteiger partial charge in [0.25, 0.3) is 0 Å². The molecule has 1 N–H and O–H groups in total. The first-order valence-corrected chi connectivity index (χ1v) is 9.96. The molecule has 0 saturated carbocycles. The highest BCUT2D eigenvalue weighted by atomic mass is 32.2.